The quantitative estimate of drug-likeness (QED) is 0.547. The predicted octanol–water partition coefficient (Wildman–Crippen LogP) is 4.13. The number of hydrogen-bond acceptors (Lipinski definition) is 5. The molecule has 5 nitrogen and oxygen atoms in total. The Labute approximate surface area is 154 Å². The molecule has 6 heteroatoms. The Morgan fingerprint density at radius 2 is 1.92 bits per heavy atom. The monoisotopic (exact) mass is 363 g/mol. The Balaban J connectivity index is 1.56. The first-order chi connectivity index (χ1) is 12.6. The summed E-state index contributed by atoms with van der Waals surface area (Å²) in [5.74, 6) is 0.647. The molecule has 0 atom stereocenters. The minimum absolute atomic E-state index is 0.123. The first kappa shape index (κ1) is 16.5. The third kappa shape index (κ3) is 3.11. The van der Waals surface area contributed by atoms with Gasteiger partial charge in [0, 0.05) is 12.4 Å². The lowest BCUT2D eigenvalue weighted by Gasteiger charge is -2.15. The minimum Gasteiger partial charge on any atom is -0.497 e. The van der Waals surface area contributed by atoms with E-state index in [0.717, 1.165) is 31.9 Å². The van der Waals surface area contributed by atoms with Crippen molar-refractivity contribution < 1.29 is 9.53 Å². The van der Waals surface area contributed by atoms with Crippen molar-refractivity contribution in [2.24, 2.45) is 0 Å². The molecule has 4 rings (SSSR count). The van der Waals surface area contributed by atoms with E-state index in [9.17, 15) is 4.79 Å². The van der Waals surface area contributed by atoms with E-state index < -0.39 is 0 Å². The SMILES string of the molecule is COc1ccc2nc(C(=O)N(C)Cc3nc4ccccc4s3)ccc2c1. The van der Waals surface area contributed by atoms with E-state index in [1.165, 1.54) is 0 Å². The highest BCUT2D eigenvalue weighted by Gasteiger charge is 2.16. The molecule has 0 aliphatic heterocycles. The third-order valence-corrected chi connectivity index (χ3v) is 5.19. The number of fused-ring (bicyclic) bond motifs is 2. The highest BCUT2D eigenvalue weighted by atomic mass is 32.1. The van der Waals surface area contributed by atoms with Crippen molar-refractivity contribution in [3.63, 3.8) is 0 Å². The van der Waals surface area contributed by atoms with E-state index in [0.29, 0.717) is 12.2 Å². The van der Waals surface area contributed by atoms with Gasteiger partial charge < -0.3 is 9.64 Å². The van der Waals surface area contributed by atoms with Crippen LogP contribution in [-0.2, 0) is 6.54 Å². The van der Waals surface area contributed by atoms with Crippen LogP contribution in [0.5, 0.6) is 5.75 Å². The fraction of sp³-hybridized carbons (Fsp3) is 0.150. The molecule has 4 aromatic rings. The van der Waals surface area contributed by atoms with Crippen molar-refractivity contribution in [2.45, 2.75) is 6.54 Å². The third-order valence-electron chi connectivity index (χ3n) is 4.17. The van der Waals surface area contributed by atoms with Crippen molar-refractivity contribution in [3.05, 3.63) is 65.3 Å². The zero-order valence-electron chi connectivity index (χ0n) is 14.5. The Morgan fingerprint density at radius 3 is 2.73 bits per heavy atom. The molecule has 0 saturated heterocycles. The van der Waals surface area contributed by atoms with E-state index in [2.05, 4.69) is 9.97 Å². The zero-order valence-corrected chi connectivity index (χ0v) is 15.3. The van der Waals surface area contributed by atoms with Gasteiger partial charge in [-0.25, -0.2) is 9.97 Å². The maximum Gasteiger partial charge on any atom is 0.272 e. The summed E-state index contributed by atoms with van der Waals surface area (Å²) >= 11 is 1.61. The van der Waals surface area contributed by atoms with Gasteiger partial charge in [0.15, 0.2) is 0 Å². The topological polar surface area (TPSA) is 55.3 Å². The maximum absolute atomic E-state index is 12.7. The second kappa shape index (κ2) is 6.72. The molecule has 26 heavy (non-hydrogen) atoms. The van der Waals surface area contributed by atoms with E-state index in [1.54, 1.807) is 36.5 Å². The molecule has 2 aromatic carbocycles. The summed E-state index contributed by atoms with van der Waals surface area (Å²) in [4.78, 5) is 23.5. The first-order valence-corrected chi connectivity index (χ1v) is 9.00. The van der Waals surface area contributed by atoms with Gasteiger partial charge in [-0.15, -0.1) is 11.3 Å². The summed E-state index contributed by atoms with van der Waals surface area (Å²) in [6.45, 7) is 0.459. The standard InChI is InChI=1S/C20H17N3O2S/c1-23(12-19-22-16-5-3-4-6-18(16)26-19)20(24)17-9-7-13-11-14(25-2)8-10-15(13)21-17/h3-11H,12H2,1-2H3. The number of carbonyl (C=O) groups excluding carboxylic acids is 1. The summed E-state index contributed by atoms with van der Waals surface area (Å²) in [5.41, 5.74) is 2.16. The van der Waals surface area contributed by atoms with Crippen LogP contribution in [-0.4, -0.2) is 34.9 Å². The predicted molar refractivity (Wildman–Crippen MR) is 104 cm³/mol. The van der Waals surface area contributed by atoms with Gasteiger partial charge in [0.05, 0.1) is 29.4 Å². The molecular formula is C20H17N3O2S. The molecule has 2 heterocycles. The number of rotatable bonds is 4. The van der Waals surface area contributed by atoms with Crippen molar-refractivity contribution in [1.29, 1.82) is 0 Å². The van der Waals surface area contributed by atoms with E-state index in [1.807, 2.05) is 48.5 Å². The van der Waals surface area contributed by atoms with Crippen molar-refractivity contribution >= 4 is 38.4 Å². The van der Waals surface area contributed by atoms with Gasteiger partial charge in [-0.2, -0.15) is 0 Å². The van der Waals surface area contributed by atoms with Crippen molar-refractivity contribution in [2.75, 3.05) is 14.2 Å². The zero-order chi connectivity index (χ0) is 18.1. The molecule has 2 aromatic heterocycles. The smallest absolute Gasteiger partial charge is 0.272 e. The minimum atomic E-state index is -0.123. The number of aromatic nitrogens is 2. The molecule has 130 valence electrons. The van der Waals surface area contributed by atoms with E-state index in [4.69, 9.17) is 4.74 Å². The molecule has 0 spiro atoms. The molecule has 0 unspecified atom stereocenters. The second-order valence-electron chi connectivity index (χ2n) is 5.99. The Kier molecular flexibility index (Phi) is 4.26. The fourth-order valence-corrected chi connectivity index (χ4v) is 3.83. The van der Waals surface area contributed by atoms with Crippen LogP contribution in [0.4, 0.5) is 0 Å². The summed E-state index contributed by atoms with van der Waals surface area (Å²) in [5, 5.41) is 1.85. The van der Waals surface area contributed by atoms with Gasteiger partial charge in [0.2, 0.25) is 0 Å². The van der Waals surface area contributed by atoms with Crippen LogP contribution in [0.25, 0.3) is 21.1 Å². The molecule has 0 aliphatic carbocycles. The van der Waals surface area contributed by atoms with Gasteiger partial charge in [-0.1, -0.05) is 18.2 Å². The summed E-state index contributed by atoms with van der Waals surface area (Å²) in [7, 11) is 3.40. The van der Waals surface area contributed by atoms with Crippen LogP contribution in [0.3, 0.4) is 0 Å². The van der Waals surface area contributed by atoms with Gasteiger partial charge in [0.25, 0.3) is 5.91 Å². The van der Waals surface area contributed by atoms with Crippen LogP contribution in [0.15, 0.2) is 54.6 Å². The number of para-hydroxylation sites is 1. The van der Waals surface area contributed by atoms with Gasteiger partial charge >= 0.3 is 0 Å². The maximum atomic E-state index is 12.7. The van der Waals surface area contributed by atoms with Crippen LogP contribution in [0.1, 0.15) is 15.5 Å². The summed E-state index contributed by atoms with van der Waals surface area (Å²) in [6.07, 6.45) is 0. The van der Waals surface area contributed by atoms with Crippen LogP contribution in [0, 0.1) is 0 Å². The van der Waals surface area contributed by atoms with E-state index >= 15 is 0 Å². The number of benzene rings is 2. The van der Waals surface area contributed by atoms with Crippen LogP contribution < -0.4 is 4.74 Å². The average molecular weight is 363 g/mol. The Morgan fingerprint density at radius 1 is 1.08 bits per heavy atom. The van der Waals surface area contributed by atoms with E-state index in [-0.39, 0.29) is 5.91 Å². The lowest BCUT2D eigenvalue weighted by atomic mass is 10.2. The highest BCUT2D eigenvalue weighted by molar-refractivity contribution is 7.18. The first-order valence-electron chi connectivity index (χ1n) is 8.19. The Bertz CT molecular complexity index is 1070. The number of ether oxygens (including phenoxy) is 1. The molecule has 0 N–H and O–H groups in total. The number of pyridine rings is 1. The fourth-order valence-electron chi connectivity index (χ4n) is 2.81. The van der Waals surface area contributed by atoms with Gasteiger partial charge in [-0.05, 0) is 36.4 Å². The van der Waals surface area contributed by atoms with Gasteiger partial charge in [-0.3, -0.25) is 4.79 Å². The number of carbonyl (C=O) groups is 1. The lowest BCUT2D eigenvalue weighted by molar-refractivity contribution is 0.0779. The van der Waals surface area contributed by atoms with Crippen molar-refractivity contribution in [3.8, 4) is 5.75 Å². The molecule has 0 saturated carbocycles. The normalized spacial score (nSPS) is 11.0. The Hall–Kier alpha value is -2.99. The molecule has 0 fully saturated rings. The van der Waals surface area contributed by atoms with Crippen molar-refractivity contribution in [1.82, 2.24) is 14.9 Å². The van der Waals surface area contributed by atoms with Gasteiger partial charge in [0.1, 0.15) is 16.5 Å². The number of hydrogen-bond donors (Lipinski definition) is 0. The second-order valence-corrected chi connectivity index (χ2v) is 7.11. The average Bonchev–Trinajstić information content (AvgIpc) is 3.08. The number of methoxy groups -OCH3 is 1. The molecular weight excluding hydrogens is 346 g/mol. The largest absolute Gasteiger partial charge is 0.497 e. The summed E-state index contributed by atoms with van der Waals surface area (Å²) < 4.78 is 6.35. The molecule has 0 aliphatic rings. The summed E-state index contributed by atoms with van der Waals surface area (Å²) in [6, 6.07) is 17.2. The van der Waals surface area contributed by atoms with Crippen LogP contribution in [0.2, 0.25) is 0 Å². The number of thiazole rings is 1. The molecule has 0 radical (unpaired) electrons. The number of amides is 1. The molecule has 0 bridgehead atoms. The number of nitrogens with zero attached hydrogens (tertiary/aromatic N) is 3. The lowest BCUT2D eigenvalue weighted by Crippen LogP contribution is -2.26. The highest BCUT2D eigenvalue weighted by Crippen LogP contribution is 2.23. The van der Waals surface area contributed by atoms with Crippen LogP contribution >= 0.6 is 11.3 Å². The molecule has 1 amide bonds.